The number of methoxy groups -OCH3 is 1. The highest BCUT2D eigenvalue weighted by atomic mass is 19.1. The molecule has 0 bridgehead atoms. The first-order chi connectivity index (χ1) is 16.4. The van der Waals surface area contributed by atoms with Crippen LogP contribution >= 0.6 is 0 Å². The van der Waals surface area contributed by atoms with E-state index in [-0.39, 0.29) is 18.2 Å². The number of allylic oxidation sites excluding steroid dienone is 1. The van der Waals surface area contributed by atoms with Crippen molar-refractivity contribution in [3.8, 4) is 22.6 Å². The van der Waals surface area contributed by atoms with Crippen molar-refractivity contribution in [1.29, 1.82) is 0 Å². The number of halogens is 1. The first-order valence-corrected chi connectivity index (χ1v) is 11.4. The van der Waals surface area contributed by atoms with Crippen LogP contribution in [0.3, 0.4) is 0 Å². The van der Waals surface area contributed by atoms with E-state index in [0.29, 0.717) is 29.6 Å². The Kier molecular flexibility index (Phi) is 7.01. The molecule has 3 aromatic carbocycles. The average molecular weight is 461 g/mol. The van der Waals surface area contributed by atoms with Crippen LogP contribution in [0.5, 0.6) is 11.5 Å². The molecule has 1 N–H and O–H groups in total. The van der Waals surface area contributed by atoms with Crippen molar-refractivity contribution in [2.24, 2.45) is 0 Å². The van der Waals surface area contributed by atoms with Gasteiger partial charge in [0.2, 0.25) is 0 Å². The highest BCUT2D eigenvalue weighted by Crippen LogP contribution is 2.45. The third-order valence-electron chi connectivity index (χ3n) is 6.26. The van der Waals surface area contributed by atoms with Gasteiger partial charge < -0.3 is 14.6 Å². The number of aliphatic carboxylic acids is 1. The number of benzene rings is 3. The van der Waals surface area contributed by atoms with Crippen molar-refractivity contribution < 1.29 is 23.8 Å². The lowest BCUT2D eigenvalue weighted by Crippen LogP contribution is -2.07. The summed E-state index contributed by atoms with van der Waals surface area (Å²) >= 11 is 0. The fraction of sp³-hybridized carbons (Fsp3) is 0.276. The van der Waals surface area contributed by atoms with Crippen molar-refractivity contribution in [2.75, 3.05) is 7.11 Å². The second-order valence-corrected chi connectivity index (χ2v) is 8.90. The minimum Gasteiger partial charge on any atom is -0.497 e. The zero-order valence-electron chi connectivity index (χ0n) is 19.5. The molecule has 0 aliphatic heterocycles. The summed E-state index contributed by atoms with van der Waals surface area (Å²) in [5, 5.41) is 9.17. The highest BCUT2D eigenvalue weighted by Gasteiger charge is 2.27. The number of carboxylic acid groups (broad SMARTS) is 1. The lowest BCUT2D eigenvalue weighted by molar-refractivity contribution is -0.137. The molecular formula is C29H29FO4. The summed E-state index contributed by atoms with van der Waals surface area (Å²) in [4.78, 5) is 11.2. The number of rotatable bonds is 10. The molecule has 4 rings (SSSR count). The molecule has 1 aliphatic rings. The fourth-order valence-electron chi connectivity index (χ4n) is 4.23. The molecule has 34 heavy (non-hydrogen) atoms. The van der Waals surface area contributed by atoms with Gasteiger partial charge in [-0.2, -0.15) is 0 Å². The molecule has 1 atom stereocenters. The largest absolute Gasteiger partial charge is 0.497 e. The van der Waals surface area contributed by atoms with Gasteiger partial charge in [0.15, 0.2) is 0 Å². The van der Waals surface area contributed by atoms with E-state index >= 15 is 0 Å². The van der Waals surface area contributed by atoms with Crippen LogP contribution in [0.4, 0.5) is 4.39 Å². The van der Waals surface area contributed by atoms with Gasteiger partial charge in [-0.05, 0) is 84.3 Å². The first-order valence-electron chi connectivity index (χ1n) is 11.4. The third kappa shape index (κ3) is 5.48. The van der Waals surface area contributed by atoms with Gasteiger partial charge in [0, 0.05) is 11.5 Å². The summed E-state index contributed by atoms with van der Waals surface area (Å²) in [5.74, 6) is 0.406. The van der Waals surface area contributed by atoms with Gasteiger partial charge in [-0.15, -0.1) is 0 Å². The Morgan fingerprint density at radius 2 is 1.76 bits per heavy atom. The summed E-state index contributed by atoms with van der Waals surface area (Å²) < 4.78 is 26.1. The van der Waals surface area contributed by atoms with Crippen LogP contribution in [-0.4, -0.2) is 18.2 Å². The summed E-state index contributed by atoms with van der Waals surface area (Å²) in [6.07, 6.45) is 2.24. The zero-order chi connectivity index (χ0) is 24.2. The van der Waals surface area contributed by atoms with Gasteiger partial charge in [0.1, 0.15) is 23.9 Å². The van der Waals surface area contributed by atoms with Crippen molar-refractivity contribution >= 4 is 5.97 Å². The van der Waals surface area contributed by atoms with Crippen LogP contribution < -0.4 is 9.47 Å². The maximum absolute atomic E-state index is 14.7. The second kappa shape index (κ2) is 10.1. The molecule has 1 fully saturated rings. The van der Waals surface area contributed by atoms with Crippen LogP contribution in [0.15, 0.2) is 72.8 Å². The minimum atomic E-state index is -0.855. The van der Waals surface area contributed by atoms with Gasteiger partial charge >= 0.3 is 5.97 Å². The lowest BCUT2D eigenvalue weighted by atomic mass is 9.90. The Hall–Kier alpha value is -3.60. The summed E-state index contributed by atoms with van der Waals surface area (Å²) in [5.41, 5.74) is 5.22. The van der Waals surface area contributed by atoms with E-state index in [1.807, 2.05) is 43.3 Å². The Balaban J connectivity index is 1.53. The number of hydrogen-bond donors (Lipinski definition) is 1. The standard InChI is InChI=1S/C29H29FO4/c1-18(2)25(16-29(31)32)21-7-9-22(10-8-21)34-17-19-4-12-24(20-5-6-20)26(14-19)27-15-23(33-3)11-13-28(27)30/h4,7-15,20,25H,1,5-6,16-17H2,2-3H3,(H,31,32)/t25-/m1/s1. The Morgan fingerprint density at radius 3 is 2.38 bits per heavy atom. The van der Waals surface area contributed by atoms with Gasteiger partial charge in [-0.3, -0.25) is 4.79 Å². The number of ether oxygens (including phenoxy) is 2. The van der Waals surface area contributed by atoms with Gasteiger partial charge in [0.25, 0.3) is 0 Å². The van der Waals surface area contributed by atoms with E-state index in [1.54, 1.807) is 19.2 Å². The van der Waals surface area contributed by atoms with Crippen molar-refractivity contribution in [3.05, 3.63) is 95.3 Å². The summed E-state index contributed by atoms with van der Waals surface area (Å²) in [6, 6.07) is 18.4. The predicted octanol–water partition coefficient (Wildman–Crippen LogP) is 7.09. The van der Waals surface area contributed by atoms with Crippen LogP contribution in [-0.2, 0) is 11.4 Å². The zero-order valence-corrected chi connectivity index (χ0v) is 19.5. The van der Waals surface area contributed by atoms with Crippen LogP contribution in [0.25, 0.3) is 11.1 Å². The number of carboxylic acids is 1. The molecule has 0 spiro atoms. The van der Waals surface area contributed by atoms with E-state index in [4.69, 9.17) is 9.47 Å². The van der Waals surface area contributed by atoms with Crippen LogP contribution in [0, 0.1) is 5.82 Å². The Bertz CT molecular complexity index is 1200. The van der Waals surface area contributed by atoms with Crippen molar-refractivity contribution in [1.82, 2.24) is 0 Å². The van der Waals surface area contributed by atoms with Crippen molar-refractivity contribution in [3.63, 3.8) is 0 Å². The molecule has 5 heteroatoms. The monoisotopic (exact) mass is 460 g/mol. The first kappa shape index (κ1) is 23.6. The van der Waals surface area contributed by atoms with Gasteiger partial charge in [-0.25, -0.2) is 4.39 Å². The number of hydrogen-bond acceptors (Lipinski definition) is 3. The predicted molar refractivity (Wildman–Crippen MR) is 131 cm³/mol. The lowest BCUT2D eigenvalue weighted by Gasteiger charge is -2.16. The number of carbonyl (C=O) groups is 1. The maximum Gasteiger partial charge on any atom is 0.304 e. The van der Waals surface area contributed by atoms with Crippen LogP contribution in [0.2, 0.25) is 0 Å². The van der Waals surface area contributed by atoms with E-state index in [1.165, 1.54) is 6.07 Å². The summed E-state index contributed by atoms with van der Waals surface area (Å²) in [7, 11) is 1.58. The second-order valence-electron chi connectivity index (χ2n) is 8.90. The molecule has 4 nitrogen and oxygen atoms in total. The Morgan fingerprint density at radius 1 is 1.06 bits per heavy atom. The molecule has 0 saturated heterocycles. The van der Waals surface area contributed by atoms with E-state index in [9.17, 15) is 14.3 Å². The summed E-state index contributed by atoms with van der Waals surface area (Å²) in [6.45, 7) is 6.10. The third-order valence-corrected chi connectivity index (χ3v) is 6.26. The molecule has 0 radical (unpaired) electrons. The van der Waals surface area contributed by atoms with Crippen molar-refractivity contribution in [2.45, 2.75) is 44.6 Å². The Labute approximate surface area is 199 Å². The molecule has 3 aromatic rings. The smallest absolute Gasteiger partial charge is 0.304 e. The van der Waals surface area contributed by atoms with Crippen LogP contribution in [0.1, 0.15) is 54.7 Å². The molecular weight excluding hydrogens is 431 g/mol. The molecule has 0 unspecified atom stereocenters. The molecule has 0 aromatic heterocycles. The van der Waals surface area contributed by atoms with E-state index < -0.39 is 5.97 Å². The molecule has 0 heterocycles. The van der Waals surface area contributed by atoms with Gasteiger partial charge in [-0.1, -0.05) is 36.4 Å². The van der Waals surface area contributed by atoms with Gasteiger partial charge in [0.05, 0.1) is 13.5 Å². The van der Waals surface area contributed by atoms with E-state index in [0.717, 1.165) is 40.7 Å². The molecule has 0 amide bonds. The maximum atomic E-state index is 14.7. The quantitative estimate of drug-likeness (QED) is 0.328. The molecule has 1 saturated carbocycles. The highest BCUT2D eigenvalue weighted by molar-refractivity contribution is 5.71. The SMILES string of the molecule is C=C(C)[C@@H](CC(=O)O)c1ccc(OCc2ccc(C3CC3)c(-c3cc(OC)ccc3F)c2)cc1. The molecule has 176 valence electrons. The molecule has 1 aliphatic carbocycles. The van der Waals surface area contributed by atoms with E-state index in [2.05, 4.69) is 12.6 Å². The average Bonchev–Trinajstić information content (AvgIpc) is 3.67. The fourth-order valence-corrected chi connectivity index (χ4v) is 4.23. The topological polar surface area (TPSA) is 55.8 Å². The normalized spacial score (nSPS) is 13.9. The minimum absolute atomic E-state index is 0.00644.